The highest BCUT2D eigenvalue weighted by atomic mass is 32.1. The summed E-state index contributed by atoms with van der Waals surface area (Å²) in [4.78, 5) is 14.4. The molecule has 3 rings (SSSR count). The Morgan fingerprint density at radius 3 is 2.83 bits per heavy atom. The predicted molar refractivity (Wildman–Crippen MR) is 85.6 cm³/mol. The summed E-state index contributed by atoms with van der Waals surface area (Å²) in [5.74, 6) is 0.218. The van der Waals surface area contributed by atoms with Gasteiger partial charge in [0.1, 0.15) is 0 Å². The van der Waals surface area contributed by atoms with E-state index in [1.807, 2.05) is 0 Å². The second-order valence-electron chi connectivity index (χ2n) is 5.35. The van der Waals surface area contributed by atoms with E-state index in [0.29, 0.717) is 5.56 Å². The summed E-state index contributed by atoms with van der Waals surface area (Å²) in [7, 11) is 1.39. The highest BCUT2D eigenvalue weighted by Gasteiger charge is 2.22. The van der Waals surface area contributed by atoms with Crippen LogP contribution in [0.2, 0.25) is 0 Å². The number of anilines is 1. The molecular formula is C15H17FN4O2S. The molecule has 122 valence electrons. The molecule has 1 saturated heterocycles. The number of hydrogen-bond donors (Lipinski definition) is 1. The third-order valence-corrected chi connectivity index (χ3v) is 4.39. The maximum Gasteiger partial charge on any atom is 0.251 e. The van der Waals surface area contributed by atoms with Gasteiger partial charge in [-0.15, -0.1) is 0 Å². The molecule has 0 aliphatic carbocycles. The zero-order chi connectivity index (χ0) is 16.2. The van der Waals surface area contributed by atoms with Gasteiger partial charge in [0, 0.05) is 24.7 Å². The molecule has 0 unspecified atom stereocenters. The number of benzene rings is 1. The van der Waals surface area contributed by atoms with Crippen LogP contribution in [0.4, 0.5) is 10.2 Å². The Labute approximate surface area is 137 Å². The summed E-state index contributed by atoms with van der Waals surface area (Å²) in [6.45, 7) is 1.63. The van der Waals surface area contributed by atoms with E-state index >= 15 is 0 Å². The van der Waals surface area contributed by atoms with Crippen molar-refractivity contribution in [3.63, 3.8) is 0 Å². The number of nitrogens with one attached hydrogen (secondary N) is 1. The Morgan fingerprint density at radius 2 is 2.22 bits per heavy atom. The number of nitrogens with zero attached hydrogens (tertiary/aromatic N) is 3. The Balaban J connectivity index is 1.56. The number of ether oxygens (including phenoxy) is 1. The van der Waals surface area contributed by atoms with Crippen molar-refractivity contribution >= 4 is 23.5 Å². The van der Waals surface area contributed by atoms with E-state index in [2.05, 4.69) is 19.0 Å². The molecule has 8 heteroatoms. The first-order valence-electron chi connectivity index (χ1n) is 7.34. The number of aromatic nitrogens is 2. The lowest BCUT2D eigenvalue weighted by atomic mass is 10.0. The third kappa shape index (κ3) is 3.58. The Hall–Kier alpha value is -2.22. The number of rotatable bonds is 4. The number of halogens is 1. The highest BCUT2D eigenvalue weighted by molar-refractivity contribution is 6.99. The maximum atomic E-state index is 13.7. The molecule has 0 bridgehead atoms. The molecule has 6 nitrogen and oxygen atoms in total. The molecule has 0 radical (unpaired) electrons. The maximum absolute atomic E-state index is 13.7. The second kappa shape index (κ2) is 6.91. The molecule has 1 N–H and O–H groups in total. The fraction of sp³-hybridized carbons (Fsp3) is 0.400. The van der Waals surface area contributed by atoms with Crippen LogP contribution in [-0.2, 0) is 0 Å². The summed E-state index contributed by atoms with van der Waals surface area (Å²) in [6, 6.07) is 4.30. The number of methoxy groups -OCH3 is 1. The summed E-state index contributed by atoms with van der Waals surface area (Å²) in [6.07, 6.45) is 3.40. The normalized spacial score (nSPS) is 15.5. The highest BCUT2D eigenvalue weighted by Crippen LogP contribution is 2.20. The van der Waals surface area contributed by atoms with Gasteiger partial charge in [0.05, 0.1) is 25.0 Å². The molecule has 0 spiro atoms. The molecule has 1 aliphatic rings. The average molecular weight is 336 g/mol. The standard InChI is InChI=1S/C15H17FN4O2S/c1-22-13-3-2-10(8-12(13)16)15(21)18-11-4-6-20(7-5-11)14-9-17-23-19-14/h2-3,8-9,11H,4-7H2,1H3,(H,18,21). The minimum absolute atomic E-state index is 0.0792. The van der Waals surface area contributed by atoms with Crippen molar-refractivity contribution in [3.05, 3.63) is 35.8 Å². The molecular weight excluding hydrogens is 319 g/mol. The van der Waals surface area contributed by atoms with Crippen LogP contribution in [0, 0.1) is 5.82 Å². The molecule has 2 aromatic rings. The van der Waals surface area contributed by atoms with E-state index in [4.69, 9.17) is 4.74 Å². The van der Waals surface area contributed by atoms with Gasteiger partial charge in [-0.25, -0.2) is 4.39 Å². The van der Waals surface area contributed by atoms with Gasteiger partial charge >= 0.3 is 0 Å². The van der Waals surface area contributed by atoms with Crippen LogP contribution in [-0.4, -0.2) is 40.9 Å². The van der Waals surface area contributed by atoms with Crippen LogP contribution in [0.25, 0.3) is 0 Å². The Bertz CT molecular complexity index is 672. The van der Waals surface area contributed by atoms with Crippen molar-refractivity contribution in [1.82, 2.24) is 14.1 Å². The van der Waals surface area contributed by atoms with Crippen LogP contribution >= 0.6 is 11.7 Å². The summed E-state index contributed by atoms with van der Waals surface area (Å²) in [5, 5.41) is 2.96. The van der Waals surface area contributed by atoms with E-state index in [-0.39, 0.29) is 17.7 Å². The molecule has 1 amide bonds. The zero-order valence-electron chi connectivity index (χ0n) is 12.7. The van der Waals surface area contributed by atoms with E-state index in [1.165, 1.54) is 31.0 Å². The van der Waals surface area contributed by atoms with Crippen LogP contribution in [0.15, 0.2) is 24.4 Å². The Kier molecular flexibility index (Phi) is 4.71. The van der Waals surface area contributed by atoms with Crippen molar-refractivity contribution in [2.24, 2.45) is 0 Å². The SMILES string of the molecule is COc1ccc(C(=O)NC2CCN(c3cnsn3)CC2)cc1F. The van der Waals surface area contributed by atoms with Gasteiger partial charge in [-0.1, -0.05) is 0 Å². The third-order valence-electron chi connectivity index (χ3n) is 3.92. The molecule has 23 heavy (non-hydrogen) atoms. The predicted octanol–water partition coefficient (Wildman–Crippen LogP) is 2.08. The van der Waals surface area contributed by atoms with Gasteiger partial charge < -0.3 is 15.0 Å². The van der Waals surface area contributed by atoms with Gasteiger partial charge in [0.2, 0.25) is 0 Å². The van der Waals surface area contributed by atoms with E-state index < -0.39 is 5.82 Å². The summed E-state index contributed by atoms with van der Waals surface area (Å²) in [5.41, 5.74) is 0.300. The lowest BCUT2D eigenvalue weighted by Gasteiger charge is -2.32. The number of piperidine rings is 1. The summed E-state index contributed by atoms with van der Waals surface area (Å²) < 4.78 is 26.7. The number of amides is 1. The smallest absolute Gasteiger partial charge is 0.251 e. The first-order valence-corrected chi connectivity index (χ1v) is 8.07. The second-order valence-corrected chi connectivity index (χ2v) is 5.91. The molecule has 1 aromatic heterocycles. The van der Waals surface area contributed by atoms with Crippen molar-refractivity contribution in [2.45, 2.75) is 18.9 Å². The van der Waals surface area contributed by atoms with E-state index in [9.17, 15) is 9.18 Å². The van der Waals surface area contributed by atoms with Crippen molar-refractivity contribution < 1.29 is 13.9 Å². The lowest BCUT2D eigenvalue weighted by molar-refractivity contribution is 0.0930. The summed E-state index contributed by atoms with van der Waals surface area (Å²) >= 11 is 1.19. The van der Waals surface area contributed by atoms with Crippen LogP contribution in [0.3, 0.4) is 0 Å². The monoisotopic (exact) mass is 336 g/mol. The van der Waals surface area contributed by atoms with Gasteiger partial charge in [-0.3, -0.25) is 4.79 Å². The van der Waals surface area contributed by atoms with Crippen LogP contribution in [0.1, 0.15) is 23.2 Å². The fourth-order valence-electron chi connectivity index (χ4n) is 2.63. The molecule has 0 saturated carbocycles. The molecule has 1 aliphatic heterocycles. The van der Waals surface area contributed by atoms with Crippen LogP contribution in [0.5, 0.6) is 5.75 Å². The minimum Gasteiger partial charge on any atom is -0.494 e. The first-order chi connectivity index (χ1) is 11.2. The number of carbonyl (C=O) groups is 1. The van der Waals surface area contributed by atoms with Gasteiger partial charge in [-0.05, 0) is 31.0 Å². The van der Waals surface area contributed by atoms with E-state index in [0.717, 1.165) is 31.7 Å². The van der Waals surface area contributed by atoms with Gasteiger partial charge in [-0.2, -0.15) is 8.75 Å². The number of hydrogen-bond acceptors (Lipinski definition) is 6. The Morgan fingerprint density at radius 1 is 1.43 bits per heavy atom. The largest absolute Gasteiger partial charge is 0.494 e. The lowest BCUT2D eigenvalue weighted by Crippen LogP contribution is -2.44. The topological polar surface area (TPSA) is 67.3 Å². The zero-order valence-corrected chi connectivity index (χ0v) is 13.5. The fourth-order valence-corrected chi connectivity index (χ4v) is 3.06. The molecule has 1 fully saturated rings. The van der Waals surface area contributed by atoms with Gasteiger partial charge in [0.25, 0.3) is 5.91 Å². The quantitative estimate of drug-likeness (QED) is 0.926. The first kappa shape index (κ1) is 15.7. The van der Waals surface area contributed by atoms with Crippen molar-refractivity contribution in [1.29, 1.82) is 0 Å². The number of carbonyl (C=O) groups excluding carboxylic acids is 1. The van der Waals surface area contributed by atoms with E-state index in [1.54, 1.807) is 12.3 Å². The molecule has 1 aromatic carbocycles. The van der Waals surface area contributed by atoms with Crippen LogP contribution < -0.4 is 15.0 Å². The average Bonchev–Trinajstić information content (AvgIpc) is 3.10. The molecule has 2 heterocycles. The van der Waals surface area contributed by atoms with Crippen molar-refractivity contribution in [2.75, 3.05) is 25.1 Å². The van der Waals surface area contributed by atoms with Gasteiger partial charge in [0.15, 0.2) is 17.4 Å². The minimum atomic E-state index is -0.536. The van der Waals surface area contributed by atoms with Crippen molar-refractivity contribution in [3.8, 4) is 5.75 Å². The molecule has 0 atom stereocenters.